The second-order valence-corrected chi connectivity index (χ2v) is 5.63. The second-order valence-electron chi connectivity index (χ2n) is 4.25. The van der Waals surface area contributed by atoms with Crippen molar-refractivity contribution in [3.63, 3.8) is 0 Å². The van der Waals surface area contributed by atoms with Crippen LogP contribution in [0.1, 0.15) is 12.8 Å². The van der Waals surface area contributed by atoms with Crippen molar-refractivity contribution in [2.75, 3.05) is 12.3 Å². The number of rotatable bonds is 3. The molecule has 1 saturated heterocycles. The quantitative estimate of drug-likeness (QED) is 0.900. The van der Waals surface area contributed by atoms with Gasteiger partial charge in [0.15, 0.2) is 5.58 Å². The fraction of sp³-hybridized carbons (Fsp3) is 0.417. The Kier molecular flexibility index (Phi) is 2.94. The van der Waals surface area contributed by atoms with Crippen molar-refractivity contribution >= 4 is 21.9 Å². The minimum absolute atomic E-state index is 0.339. The summed E-state index contributed by atoms with van der Waals surface area (Å²) < 4.78 is 17.6. The number of benzene rings is 1. The Labute approximate surface area is 102 Å². The molecule has 1 aromatic heterocycles. The molecule has 1 aromatic carbocycles. The molecule has 90 valence electrons. The molecule has 1 aliphatic heterocycles. The largest absolute Gasteiger partial charge is 0.430 e. The SMILES string of the molecule is O=[S@@](C[C@@H]1CCCN1)c1nc2ccccc2o1. The summed E-state index contributed by atoms with van der Waals surface area (Å²) >= 11 is 0. The van der Waals surface area contributed by atoms with Gasteiger partial charge < -0.3 is 9.73 Å². The lowest BCUT2D eigenvalue weighted by Gasteiger charge is -2.06. The van der Waals surface area contributed by atoms with E-state index in [1.54, 1.807) is 0 Å². The Balaban J connectivity index is 1.80. The van der Waals surface area contributed by atoms with Gasteiger partial charge in [0.1, 0.15) is 16.3 Å². The maximum absolute atomic E-state index is 12.1. The Morgan fingerprint density at radius 1 is 1.47 bits per heavy atom. The van der Waals surface area contributed by atoms with Crippen LogP contribution in [-0.4, -0.2) is 27.5 Å². The normalized spacial score (nSPS) is 22.0. The van der Waals surface area contributed by atoms with Gasteiger partial charge >= 0.3 is 0 Å². The number of nitrogens with zero attached hydrogens (tertiary/aromatic N) is 1. The van der Waals surface area contributed by atoms with E-state index in [0.29, 0.717) is 22.6 Å². The molecule has 1 N–H and O–H groups in total. The fourth-order valence-corrected chi connectivity index (χ4v) is 3.28. The third-order valence-electron chi connectivity index (χ3n) is 2.98. The number of hydrogen-bond donors (Lipinski definition) is 1. The van der Waals surface area contributed by atoms with E-state index in [-0.39, 0.29) is 0 Å². The van der Waals surface area contributed by atoms with Gasteiger partial charge in [0.2, 0.25) is 0 Å². The summed E-state index contributed by atoms with van der Waals surface area (Å²) in [5.74, 6) is 0.590. The van der Waals surface area contributed by atoms with Crippen molar-refractivity contribution in [2.24, 2.45) is 0 Å². The minimum atomic E-state index is -1.15. The molecule has 5 heteroatoms. The number of fused-ring (bicyclic) bond motifs is 1. The molecule has 2 heterocycles. The maximum atomic E-state index is 12.1. The van der Waals surface area contributed by atoms with Crippen LogP contribution in [0.25, 0.3) is 11.1 Å². The van der Waals surface area contributed by atoms with Gasteiger partial charge in [0.25, 0.3) is 5.22 Å². The van der Waals surface area contributed by atoms with Crippen LogP contribution in [0.2, 0.25) is 0 Å². The van der Waals surface area contributed by atoms with Crippen LogP contribution < -0.4 is 5.32 Å². The highest BCUT2D eigenvalue weighted by atomic mass is 32.2. The van der Waals surface area contributed by atoms with Crippen molar-refractivity contribution < 1.29 is 8.63 Å². The van der Waals surface area contributed by atoms with Crippen molar-refractivity contribution in [1.29, 1.82) is 0 Å². The zero-order valence-corrected chi connectivity index (χ0v) is 10.2. The highest BCUT2D eigenvalue weighted by Gasteiger charge is 2.20. The first-order valence-electron chi connectivity index (χ1n) is 5.80. The van der Waals surface area contributed by atoms with Crippen molar-refractivity contribution in [1.82, 2.24) is 10.3 Å². The summed E-state index contributed by atoms with van der Waals surface area (Å²) in [4.78, 5) is 4.26. The van der Waals surface area contributed by atoms with E-state index in [1.807, 2.05) is 24.3 Å². The van der Waals surface area contributed by atoms with Gasteiger partial charge in [-0.1, -0.05) is 12.1 Å². The summed E-state index contributed by atoms with van der Waals surface area (Å²) in [6.45, 7) is 1.02. The van der Waals surface area contributed by atoms with E-state index in [0.717, 1.165) is 24.9 Å². The number of hydrogen-bond acceptors (Lipinski definition) is 4. The van der Waals surface area contributed by atoms with Gasteiger partial charge in [-0.2, -0.15) is 0 Å². The van der Waals surface area contributed by atoms with E-state index in [4.69, 9.17) is 4.42 Å². The van der Waals surface area contributed by atoms with Crippen molar-refractivity contribution in [3.8, 4) is 0 Å². The lowest BCUT2D eigenvalue weighted by atomic mass is 10.3. The monoisotopic (exact) mass is 250 g/mol. The van der Waals surface area contributed by atoms with Gasteiger partial charge in [0.05, 0.1) is 0 Å². The summed E-state index contributed by atoms with van der Waals surface area (Å²) in [5.41, 5.74) is 1.48. The predicted molar refractivity (Wildman–Crippen MR) is 66.3 cm³/mol. The van der Waals surface area contributed by atoms with Gasteiger partial charge in [-0.05, 0) is 31.5 Å². The molecule has 0 unspecified atom stereocenters. The summed E-state index contributed by atoms with van der Waals surface area (Å²) in [7, 11) is -1.15. The molecule has 0 aliphatic carbocycles. The lowest BCUT2D eigenvalue weighted by molar-refractivity contribution is 0.476. The molecule has 1 aliphatic rings. The van der Waals surface area contributed by atoms with Crippen LogP contribution in [0.15, 0.2) is 33.9 Å². The zero-order valence-electron chi connectivity index (χ0n) is 9.39. The number of aromatic nitrogens is 1. The standard InChI is InChI=1S/C12H14N2O2S/c15-17(8-9-4-3-7-13-9)12-14-10-5-1-2-6-11(10)16-12/h1-2,5-6,9,13H,3-4,7-8H2/t9-,17-/m0/s1. The summed E-state index contributed by atoms with van der Waals surface area (Å²) in [6.07, 6.45) is 2.25. The van der Waals surface area contributed by atoms with Crippen LogP contribution in [0.4, 0.5) is 0 Å². The molecule has 0 amide bonds. The highest BCUT2D eigenvalue weighted by Crippen LogP contribution is 2.18. The molecule has 2 atom stereocenters. The first-order chi connectivity index (χ1) is 8.33. The predicted octanol–water partition coefficient (Wildman–Crippen LogP) is 1.69. The molecule has 4 nitrogen and oxygen atoms in total. The first kappa shape index (κ1) is 10.9. The molecule has 0 bridgehead atoms. The third-order valence-corrected chi connectivity index (χ3v) is 4.25. The lowest BCUT2D eigenvalue weighted by Crippen LogP contribution is -2.27. The van der Waals surface area contributed by atoms with E-state index in [1.165, 1.54) is 0 Å². The molecular weight excluding hydrogens is 236 g/mol. The van der Waals surface area contributed by atoms with Crippen LogP contribution >= 0.6 is 0 Å². The van der Waals surface area contributed by atoms with Gasteiger partial charge in [-0.25, -0.2) is 9.19 Å². The van der Waals surface area contributed by atoms with Crippen LogP contribution in [-0.2, 0) is 10.8 Å². The van der Waals surface area contributed by atoms with Gasteiger partial charge in [-0.3, -0.25) is 0 Å². The Morgan fingerprint density at radius 2 is 2.35 bits per heavy atom. The molecule has 2 aromatic rings. The van der Waals surface area contributed by atoms with E-state index in [2.05, 4.69) is 10.3 Å². The fourth-order valence-electron chi connectivity index (χ4n) is 2.10. The van der Waals surface area contributed by atoms with Crippen LogP contribution in [0.3, 0.4) is 0 Å². The molecule has 0 saturated carbocycles. The molecular formula is C12H14N2O2S. The Bertz CT molecular complexity index is 513. The zero-order chi connectivity index (χ0) is 11.7. The molecule has 0 spiro atoms. The molecule has 0 radical (unpaired) electrons. The molecule has 1 fully saturated rings. The van der Waals surface area contributed by atoms with E-state index < -0.39 is 10.8 Å². The average Bonchev–Trinajstić information content (AvgIpc) is 2.96. The van der Waals surface area contributed by atoms with Crippen LogP contribution in [0, 0.1) is 0 Å². The third kappa shape index (κ3) is 2.25. The second kappa shape index (κ2) is 4.58. The Hall–Kier alpha value is -1.20. The number of para-hydroxylation sites is 2. The average molecular weight is 250 g/mol. The smallest absolute Gasteiger partial charge is 0.287 e. The minimum Gasteiger partial charge on any atom is -0.430 e. The molecule has 17 heavy (non-hydrogen) atoms. The van der Waals surface area contributed by atoms with E-state index in [9.17, 15) is 4.21 Å². The number of oxazole rings is 1. The van der Waals surface area contributed by atoms with Crippen molar-refractivity contribution in [2.45, 2.75) is 24.1 Å². The van der Waals surface area contributed by atoms with Gasteiger partial charge in [-0.15, -0.1) is 0 Å². The Morgan fingerprint density at radius 3 is 3.12 bits per heavy atom. The van der Waals surface area contributed by atoms with Crippen molar-refractivity contribution in [3.05, 3.63) is 24.3 Å². The summed E-state index contributed by atoms with van der Waals surface area (Å²) in [5, 5.41) is 3.68. The van der Waals surface area contributed by atoms with Gasteiger partial charge in [0, 0.05) is 11.8 Å². The molecule has 3 rings (SSSR count). The highest BCUT2D eigenvalue weighted by molar-refractivity contribution is 7.84. The van der Waals surface area contributed by atoms with E-state index >= 15 is 0 Å². The summed E-state index contributed by atoms with van der Waals surface area (Å²) in [6, 6.07) is 7.84. The topological polar surface area (TPSA) is 55.1 Å². The number of nitrogens with one attached hydrogen (secondary N) is 1. The van der Waals surface area contributed by atoms with Crippen LogP contribution in [0.5, 0.6) is 0 Å². The first-order valence-corrected chi connectivity index (χ1v) is 7.12. The maximum Gasteiger partial charge on any atom is 0.287 e.